The minimum atomic E-state index is -0.466. The first-order valence-corrected chi connectivity index (χ1v) is 10.6. The number of benzene rings is 2. The van der Waals surface area contributed by atoms with Crippen LogP contribution in [0.3, 0.4) is 0 Å². The summed E-state index contributed by atoms with van der Waals surface area (Å²) in [6, 6.07) is 12.1. The molecule has 162 valence electrons. The summed E-state index contributed by atoms with van der Waals surface area (Å²) in [5, 5.41) is 22.6. The molecule has 0 saturated heterocycles. The summed E-state index contributed by atoms with van der Waals surface area (Å²) >= 11 is 1.27. The van der Waals surface area contributed by atoms with E-state index in [1.54, 1.807) is 6.92 Å². The molecule has 0 aliphatic carbocycles. The maximum Gasteiger partial charge on any atom is 0.269 e. The fourth-order valence-corrected chi connectivity index (χ4v) is 3.67. The standard InChI is InChI=1S/C21H23N5O4S/c1-4-25-19(12-30-17-8-5-14(2)6-9-17)23-24-21(25)31-13-20(27)22-18-10-7-16(26(28)29)11-15(18)3/h5-11H,4,12-13H2,1-3H3,(H,22,27). The van der Waals surface area contributed by atoms with Crippen molar-refractivity contribution in [2.75, 3.05) is 11.1 Å². The van der Waals surface area contributed by atoms with Crippen LogP contribution in [0.2, 0.25) is 0 Å². The molecule has 3 rings (SSSR count). The van der Waals surface area contributed by atoms with Gasteiger partial charge in [-0.05, 0) is 44.5 Å². The third-order valence-corrected chi connectivity index (χ3v) is 5.49. The van der Waals surface area contributed by atoms with Crippen molar-refractivity contribution in [1.82, 2.24) is 14.8 Å². The number of carbonyl (C=O) groups excluding carboxylic acids is 1. The number of rotatable bonds is 9. The van der Waals surface area contributed by atoms with Crippen molar-refractivity contribution in [1.29, 1.82) is 0 Å². The second-order valence-corrected chi connectivity index (χ2v) is 7.78. The van der Waals surface area contributed by atoms with E-state index in [1.165, 1.54) is 30.0 Å². The first-order chi connectivity index (χ1) is 14.9. The Morgan fingerprint density at radius 2 is 1.94 bits per heavy atom. The Labute approximate surface area is 184 Å². The average Bonchev–Trinajstić information content (AvgIpc) is 3.15. The molecule has 1 aromatic heterocycles. The fourth-order valence-electron chi connectivity index (χ4n) is 2.85. The second kappa shape index (κ2) is 10.1. The molecule has 0 fully saturated rings. The summed E-state index contributed by atoms with van der Waals surface area (Å²) in [5.74, 6) is 1.33. The van der Waals surface area contributed by atoms with Crippen LogP contribution in [0.4, 0.5) is 11.4 Å². The van der Waals surface area contributed by atoms with E-state index in [2.05, 4.69) is 15.5 Å². The highest BCUT2D eigenvalue weighted by atomic mass is 32.2. The van der Waals surface area contributed by atoms with Crippen molar-refractivity contribution in [2.45, 2.75) is 39.1 Å². The zero-order chi connectivity index (χ0) is 22.4. The van der Waals surface area contributed by atoms with Crippen molar-refractivity contribution >= 4 is 29.0 Å². The van der Waals surface area contributed by atoms with Crippen LogP contribution in [-0.2, 0) is 17.9 Å². The van der Waals surface area contributed by atoms with Gasteiger partial charge in [0.2, 0.25) is 5.91 Å². The molecule has 1 N–H and O–H groups in total. The zero-order valence-electron chi connectivity index (χ0n) is 17.5. The monoisotopic (exact) mass is 441 g/mol. The molecule has 0 aliphatic rings. The molecule has 0 unspecified atom stereocenters. The largest absolute Gasteiger partial charge is 0.486 e. The number of nitro groups is 1. The molecule has 2 aromatic carbocycles. The minimum absolute atomic E-state index is 0.0127. The van der Waals surface area contributed by atoms with Crippen molar-refractivity contribution in [2.24, 2.45) is 0 Å². The number of amides is 1. The predicted molar refractivity (Wildman–Crippen MR) is 118 cm³/mol. The fraction of sp³-hybridized carbons (Fsp3) is 0.286. The lowest BCUT2D eigenvalue weighted by Gasteiger charge is -2.10. The van der Waals surface area contributed by atoms with Crippen molar-refractivity contribution in [3.8, 4) is 5.75 Å². The molecule has 10 heteroatoms. The molecule has 0 bridgehead atoms. The highest BCUT2D eigenvalue weighted by molar-refractivity contribution is 7.99. The van der Waals surface area contributed by atoms with Crippen LogP contribution in [0.15, 0.2) is 47.6 Å². The van der Waals surface area contributed by atoms with Crippen molar-refractivity contribution < 1.29 is 14.5 Å². The number of thioether (sulfide) groups is 1. The number of hydrogen-bond acceptors (Lipinski definition) is 7. The van der Waals surface area contributed by atoms with Gasteiger partial charge in [0.1, 0.15) is 12.4 Å². The van der Waals surface area contributed by atoms with Gasteiger partial charge in [-0.1, -0.05) is 29.5 Å². The van der Waals surface area contributed by atoms with Gasteiger partial charge in [-0.15, -0.1) is 10.2 Å². The summed E-state index contributed by atoms with van der Waals surface area (Å²) < 4.78 is 7.69. The molecule has 0 spiro atoms. The van der Waals surface area contributed by atoms with Gasteiger partial charge in [-0.3, -0.25) is 14.9 Å². The third kappa shape index (κ3) is 5.82. The van der Waals surface area contributed by atoms with Crippen LogP contribution in [0.25, 0.3) is 0 Å². The molecular formula is C21H23N5O4S. The van der Waals surface area contributed by atoms with Gasteiger partial charge in [0.05, 0.1) is 10.7 Å². The number of nitrogens with one attached hydrogen (secondary N) is 1. The maximum absolute atomic E-state index is 12.4. The van der Waals surface area contributed by atoms with Gasteiger partial charge < -0.3 is 14.6 Å². The smallest absolute Gasteiger partial charge is 0.269 e. The van der Waals surface area contributed by atoms with Gasteiger partial charge in [0.25, 0.3) is 5.69 Å². The molecule has 0 aliphatic heterocycles. The van der Waals surface area contributed by atoms with E-state index in [0.29, 0.717) is 28.8 Å². The van der Waals surface area contributed by atoms with E-state index >= 15 is 0 Å². The molecule has 3 aromatic rings. The number of aromatic nitrogens is 3. The van der Waals surface area contributed by atoms with Crippen LogP contribution in [-0.4, -0.2) is 31.3 Å². The van der Waals surface area contributed by atoms with E-state index in [-0.39, 0.29) is 24.0 Å². The Morgan fingerprint density at radius 3 is 2.58 bits per heavy atom. The molecule has 0 radical (unpaired) electrons. The lowest BCUT2D eigenvalue weighted by molar-refractivity contribution is -0.384. The number of nitro benzene ring substituents is 1. The SMILES string of the molecule is CCn1c(COc2ccc(C)cc2)nnc1SCC(=O)Nc1ccc([N+](=O)[O-])cc1C. The maximum atomic E-state index is 12.4. The van der Waals surface area contributed by atoms with Crippen LogP contribution in [0, 0.1) is 24.0 Å². The first-order valence-electron chi connectivity index (χ1n) is 9.66. The summed E-state index contributed by atoms with van der Waals surface area (Å²) in [6.07, 6.45) is 0. The van der Waals surface area contributed by atoms with Crippen LogP contribution in [0.1, 0.15) is 23.9 Å². The van der Waals surface area contributed by atoms with Gasteiger partial charge in [-0.25, -0.2) is 0 Å². The Kier molecular flexibility index (Phi) is 7.24. The summed E-state index contributed by atoms with van der Waals surface area (Å²) in [7, 11) is 0. The van der Waals surface area contributed by atoms with Gasteiger partial charge in [-0.2, -0.15) is 0 Å². The number of carbonyl (C=O) groups is 1. The second-order valence-electron chi connectivity index (χ2n) is 6.84. The highest BCUT2D eigenvalue weighted by Crippen LogP contribution is 2.23. The number of ether oxygens (including phenoxy) is 1. The highest BCUT2D eigenvalue weighted by Gasteiger charge is 2.15. The lowest BCUT2D eigenvalue weighted by Crippen LogP contribution is -2.15. The lowest BCUT2D eigenvalue weighted by atomic mass is 10.2. The van der Waals surface area contributed by atoms with E-state index in [0.717, 1.165) is 11.3 Å². The number of nitrogens with zero attached hydrogens (tertiary/aromatic N) is 4. The van der Waals surface area contributed by atoms with E-state index < -0.39 is 4.92 Å². The minimum Gasteiger partial charge on any atom is -0.486 e. The molecule has 31 heavy (non-hydrogen) atoms. The van der Waals surface area contributed by atoms with Crippen LogP contribution in [0.5, 0.6) is 5.75 Å². The van der Waals surface area contributed by atoms with Gasteiger partial charge in [0, 0.05) is 24.4 Å². The molecule has 1 heterocycles. The predicted octanol–water partition coefficient (Wildman–Crippen LogP) is 4.13. The average molecular weight is 442 g/mol. The Bertz CT molecular complexity index is 1080. The molecule has 1 amide bonds. The van der Waals surface area contributed by atoms with Crippen molar-refractivity contribution in [3.05, 3.63) is 69.5 Å². The number of non-ortho nitro benzene ring substituents is 1. The third-order valence-electron chi connectivity index (χ3n) is 4.53. The number of hydrogen-bond donors (Lipinski definition) is 1. The summed E-state index contributed by atoms with van der Waals surface area (Å²) in [5.41, 5.74) is 2.31. The summed E-state index contributed by atoms with van der Waals surface area (Å²) in [6.45, 7) is 6.62. The number of aryl methyl sites for hydroxylation is 2. The Balaban J connectivity index is 1.58. The van der Waals surface area contributed by atoms with Crippen LogP contribution < -0.4 is 10.1 Å². The quantitative estimate of drug-likeness (QED) is 0.302. The van der Waals surface area contributed by atoms with E-state index in [9.17, 15) is 14.9 Å². The number of anilines is 1. The zero-order valence-corrected chi connectivity index (χ0v) is 18.3. The van der Waals surface area contributed by atoms with E-state index in [1.807, 2.05) is 42.7 Å². The molecule has 9 nitrogen and oxygen atoms in total. The van der Waals surface area contributed by atoms with E-state index in [4.69, 9.17) is 4.74 Å². The molecule has 0 saturated carbocycles. The molecular weight excluding hydrogens is 418 g/mol. The van der Waals surface area contributed by atoms with Crippen LogP contribution >= 0.6 is 11.8 Å². The van der Waals surface area contributed by atoms with Gasteiger partial charge >= 0.3 is 0 Å². The van der Waals surface area contributed by atoms with Gasteiger partial charge in [0.15, 0.2) is 11.0 Å². The van der Waals surface area contributed by atoms with Crippen molar-refractivity contribution in [3.63, 3.8) is 0 Å². The topological polar surface area (TPSA) is 112 Å². The Hall–Kier alpha value is -3.40. The normalized spacial score (nSPS) is 10.7. The summed E-state index contributed by atoms with van der Waals surface area (Å²) in [4.78, 5) is 22.7. The molecule has 0 atom stereocenters. The first kappa shape index (κ1) is 22.3. The Morgan fingerprint density at radius 1 is 1.19 bits per heavy atom.